The van der Waals surface area contributed by atoms with Crippen LogP contribution in [-0.2, 0) is 0 Å². The number of furan rings is 3. The van der Waals surface area contributed by atoms with E-state index in [0.717, 1.165) is 187 Å². The van der Waals surface area contributed by atoms with E-state index in [9.17, 15) is 0 Å². The second-order valence-electron chi connectivity index (χ2n) is 32.7. The Balaban J connectivity index is 0.000000132. The molecule has 0 radical (unpaired) electrons. The van der Waals surface area contributed by atoms with Gasteiger partial charge in [0.2, 0.25) is 0 Å². The van der Waals surface area contributed by atoms with Crippen molar-refractivity contribution in [2.24, 2.45) is 0 Å². The molecule has 0 aliphatic carbocycles. The van der Waals surface area contributed by atoms with Crippen molar-refractivity contribution in [2.75, 3.05) is 0 Å². The van der Waals surface area contributed by atoms with Crippen LogP contribution < -0.4 is 0 Å². The molecule has 0 saturated carbocycles. The maximum absolute atomic E-state index is 7.09. The Kier molecular flexibility index (Phi) is 15.7. The summed E-state index contributed by atoms with van der Waals surface area (Å²) in [7, 11) is 0. The lowest BCUT2D eigenvalue weighted by Crippen LogP contribution is -2.00. The van der Waals surface area contributed by atoms with Crippen LogP contribution in [0.5, 0.6) is 0 Å². The van der Waals surface area contributed by atoms with E-state index in [4.69, 9.17) is 43.2 Å². The molecule has 28 aromatic rings. The Hall–Kier alpha value is -17.2. The van der Waals surface area contributed by atoms with E-state index in [-0.39, 0.29) is 0 Å². The van der Waals surface area contributed by atoms with Crippen LogP contribution in [0.25, 0.3) is 264 Å². The minimum absolute atomic E-state index is 0.551. The molecule has 596 valence electrons. The van der Waals surface area contributed by atoms with Gasteiger partial charge in [0, 0.05) is 130 Å². The van der Waals surface area contributed by atoms with Crippen molar-refractivity contribution in [3.63, 3.8) is 0 Å². The Morgan fingerprint density at radius 2 is 0.508 bits per heavy atom. The van der Waals surface area contributed by atoms with E-state index in [1.807, 2.05) is 127 Å². The standard InChI is InChI=1S/C57H33N5O2.C57H33N5OS/c2*1-3-15-34(16-4-1)55-58-56(35-17-5-2-6-18-35)60-57(59-55)42-24-13-22-40-41-23-14-27-49(54(41)64-53(40)42)62-47-26-11-8-19-37(47)43-31-36(29-30-48(43)62)61-46-25-10-7-20-38(46)44-33-52-45(32-50(44)61)39-21-9-12-28-51(39)63-52/h2*1-33H. The van der Waals surface area contributed by atoms with Crippen LogP contribution in [0.15, 0.2) is 414 Å². The third kappa shape index (κ3) is 11.0. The fraction of sp³-hybridized carbons (Fsp3) is 0. The number of fused-ring (bicyclic) bond motifs is 24. The maximum atomic E-state index is 7.09. The minimum atomic E-state index is 0.551. The van der Waals surface area contributed by atoms with Crippen molar-refractivity contribution >= 4 is 185 Å². The van der Waals surface area contributed by atoms with Crippen LogP contribution in [0.4, 0.5) is 0 Å². The molecule has 0 saturated heterocycles. The minimum Gasteiger partial charge on any atom is -0.456 e. The largest absolute Gasteiger partial charge is 0.456 e. The second-order valence-corrected chi connectivity index (χ2v) is 33.7. The number of aromatic nitrogens is 10. The smallest absolute Gasteiger partial charge is 0.167 e. The van der Waals surface area contributed by atoms with Crippen molar-refractivity contribution in [3.8, 4) is 91.1 Å². The van der Waals surface area contributed by atoms with Gasteiger partial charge in [0.1, 0.15) is 27.9 Å². The van der Waals surface area contributed by atoms with Crippen molar-refractivity contribution in [1.29, 1.82) is 0 Å². The zero-order valence-corrected chi connectivity index (χ0v) is 69.0. The number of nitrogens with zero attached hydrogens (tertiary/aromatic N) is 10. The van der Waals surface area contributed by atoms with Crippen LogP contribution in [0.3, 0.4) is 0 Å². The predicted molar refractivity (Wildman–Crippen MR) is 524 cm³/mol. The fourth-order valence-corrected chi connectivity index (χ4v) is 21.1. The Morgan fingerprint density at radius 3 is 0.969 bits per heavy atom. The van der Waals surface area contributed by atoms with E-state index in [1.54, 1.807) is 11.3 Å². The highest BCUT2D eigenvalue weighted by molar-refractivity contribution is 7.26. The summed E-state index contributed by atoms with van der Waals surface area (Å²) in [6.45, 7) is 0. The maximum Gasteiger partial charge on any atom is 0.167 e. The molecule has 0 aliphatic heterocycles. The highest BCUT2D eigenvalue weighted by Crippen LogP contribution is 2.49. The molecule has 0 bridgehead atoms. The van der Waals surface area contributed by atoms with Crippen LogP contribution in [-0.4, -0.2) is 48.2 Å². The molecule has 10 heterocycles. The lowest BCUT2D eigenvalue weighted by molar-refractivity contribution is 0.667. The average molecular weight is 1660 g/mol. The molecule has 14 heteroatoms. The molecule has 0 aliphatic rings. The second kappa shape index (κ2) is 28.2. The number of benzene rings is 18. The number of rotatable bonds is 10. The molecule has 10 aromatic heterocycles. The summed E-state index contributed by atoms with van der Waals surface area (Å²) in [4.78, 5) is 30.3. The molecule has 0 spiro atoms. The molecule has 18 aromatic carbocycles. The zero-order valence-electron chi connectivity index (χ0n) is 68.2. The number of hydrogen-bond donors (Lipinski definition) is 0. The quantitative estimate of drug-likeness (QED) is 0.131. The van der Waals surface area contributed by atoms with Crippen molar-refractivity contribution in [2.45, 2.75) is 0 Å². The van der Waals surface area contributed by atoms with Crippen LogP contribution >= 0.6 is 11.3 Å². The molecule has 28 rings (SSSR count). The average Bonchev–Trinajstić information content (AvgIpc) is 1.57. The SMILES string of the molecule is c1ccc(-c2nc(-c3ccccc3)nc(-c3cccc4c3oc3c(-n5c6ccccc6c6cc(-n7c8ccccc8c8cc9oc%10ccccc%10c9cc87)ccc65)cccc34)n2)cc1.c1ccc(-c2nc(-c3ccccc3)nc(-c3cccc4c3sc3c(-n5c6ccccc6c6cc(-n7c8ccccc8c8cc9oc%10ccccc%10c9cc87)ccc65)cccc34)n2)cc1. The topological polar surface area (TPSA) is 136 Å². The summed E-state index contributed by atoms with van der Waals surface area (Å²) in [6.07, 6.45) is 0. The van der Waals surface area contributed by atoms with Gasteiger partial charge >= 0.3 is 0 Å². The lowest BCUT2D eigenvalue weighted by Gasteiger charge is -2.11. The fourth-order valence-electron chi connectivity index (χ4n) is 19.8. The first-order valence-corrected chi connectivity index (χ1v) is 43.7. The van der Waals surface area contributed by atoms with E-state index < -0.39 is 0 Å². The Bertz CT molecular complexity index is 8830. The van der Waals surface area contributed by atoms with Gasteiger partial charge in [-0.15, -0.1) is 11.3 Å². The molecule has 0 N–H and O–H groups in total. The first-order valence-electron chi connectivity index (χ1n) is 42.9. The normalized spacial score (nSPS) is 12.1. The Morgan fingerprint density at radius 1 is 0.180 bits per heavy atom. The van der Waals surface area contributed by atoms with Crippen molar-refractivity contribution in [1.82, 2.24) is 48.2 Å². The van der Waals surface area contributed by atoms with Crippen molar-refractivity contribution in [3.05, 3.63) is 400 Å². The molecule has 0 fully saturated rings. The highest BCUT2D eigenvalue weighted by atomic mass is 32.1. The van der Waals surface area contributed by atoms with Gasteiger partial charge in [-0.1, -0.05) is 279 Å². The summed E-state index contributed by atoms with van der Waals surface area (Å²) >= 11 is 1.80. The zero-order chi connectivity index (χ0) is 83.8. The van der Waals surface area contributed by atoms with Crippen LogP contribution in [0.2, 0.25) is 0 Å². The third-order valence-corrected chi connectivity index (χ3v) is 26.8. The molecular weight excluding hydrogens is 1590 g/mol. The summed E-state index contributed by atoms with van der Waals surface area (Å²) in [5.41, 5.74) is 24.0. The number of hydrogen-bond acceptors (Lipinski definition) is 10. The van der Waals surface area contributed by atoms with Gasteiger partial charge in [-0.3, -0.25) is 0 Å². The van der Waals surface area contributed by atoms with Gasteiger partial charge in [-0.25, -0.2) is 29.9 Å². The van der Waals surface area contributed by atoms with E-state index in [1.165, 1.54) is 42.4 Å². The summed E-state index contributed by atoms with van der Waals surface area (Å²) < 4.78 is 31.8. The molecule has 0 amide bonds. The number of para-hydroxylation sites is 8. The van der Waals surface area contributed by atoms with Gasteiger partial charge in [-0.05, 0) is 121 Å². The first-order chi connectivity index (χ1) is 63.5. The predicted octanol–water partition coefficient (Wildman–Crippen LogP) is 30.2. The van der Waals surface area contributed by atoms with Crippen LogP contribution in [0, 0.1) is 0 Å². The molecule has 0 atom stereocenters. The first kappa shape index (κ1) is 71.4. The third-order valence-electron chi connectivity index (χ3n) is 25.5. The summed E-state index contributed by atoms with van der Waals surface area (Å²) in [6, 6.07) is 140. The number of thiophene rings is 1. The molecule has 128 heavy (non-hydrogen) atoms. The van der Waals surface area contributed by atoms with Gasteiger partial charge in [0.15, 0.2) is 40.5 Å². The van der Waals surface area contributed by atoms with E-state index in [2.05, 4.69) is 291 Å². The Labute approximate surface area is 732 Å². The highest BCUT2D eigenvalue weighted by Gasteiger charge is 2.27. The lowest BCUT2D eigenvalue weighted by atomic mass is 10.1. The van der Waals surface area contributed by atoms with Gasteiger partial charge in [0.25, 0.3) is 0 Å². The van der Waals surface area contributed by atoms with E-state index in [0.29, 0.717) is 34.9 Å². The van der Waals surface area contributed by atoms with Gasteiger partial charge < -0.3 is 31.5 Å². The van der Waals surface area contributed by atoms with E-state index >= 15 is 0 Å². The monoisotopic (exact) mass is 1650 g/mol. The van der Waals surface area contributed by atoms with Gasteiger partial charge in [-0.2, -0.15) is 0 Å². The summed E-state index contributed by atoms with van der Waals surface area (Å²) in [5, 5.41) is 18.3. The summed E-state index contributed by atoms with van der Waals surface area (Å²) in [5.74, 6) is 3.71. The van der Waals surface area contributed by atoms with Gasteiger partial charge in [0.05, 0.1) is 65.8 Å². The molecule has 13 nitrogen and oxygen atoms in total. The van der Waals surface area contributed by atoms with Crippen LogP contribution in [0.1, 0.15) is 0 Å². The molecular formula is C114H66N10O3S. The molecule has 0 unspecified atom stereocenters. The van der Waals surface area contributed by atoms with Crippen molar-refractivity contribution < 1.29 is 13.3 Å².